The Morgan fingerprint density at radius 2 is 1.67 bits per heavy atom. The Hall–Kier alpha value is -1.95. The van der Waals surface area contributed by atoms with E-state index >= 15 is 0 Å². The molecule has 27 heavy (non-hydrogen) atoms. The van der Waals surface area contributed by atoms with Gasteiger partial charge in [-0.15, -0.1) is 12.4 Å². The third kappa shape index (κ3) is 6.61. The summed E-state index contributed by atoms with van der Waals surface area (Å²) in [6.07, 6.45) is 0.460. The van der Waals surface area contributed by atoms with Crippen LogP contribution in [0.15, 0.2) is 54.6 Å². The quantitative estimate of drug-likeness (QED) is 0.787. The van der Waals surface area contributed by atoms with E-state index in [1.807, 2.05) is 35.2 Å². The van der Waals surface area contributed by atoms with Gasteiger partial charge in [0.15, 0.2) is 0 Å². The van der Waals surface area contributed by atoms with E-state index in [2.05, 4.69) is 22.3 Å². The number of piperazine rings is 1. The first kappa shape index (κ1) is 21.4. The second kappa shape index (κ2) is 11.0. The summed E-state index contributed by atoms with van der Waals surface area (Å²) in [6.45, 7) is 5.06. The molecule has 0 unspecified atom stereocenters. The van der Waals surface area contributed by atoms with Gasteiger partial charge in [0.25, 0.3) is 0 Å². The summed E-state index contributed by atoms with van der Waals surface area (Å²) in [7, 11) is 0. The monoisotopic (exact) mass is 391 g/mol. The predicted molar refractivity (Wildman–Crippen MR) is 108 cm³/mol. The van der Waals surface area contributed by atoms with E-state index in [-0.39, 0.29) is 24.1 Å². The number of halogens is 2. The van der Waals surface area contributed by atoms with E-state index in [1.54, 1.807) is 6.07 Å². The van der Waals surface area contributed by atoms with Crippen LogP contribution in [0.5, 0.6) is 0 Å². The number of nitrogens with one attached hydrogen (secondary N) is 1. The van der Waals surface area contributed by atoms with E-state index in [0.717, 1.165) is 26.2 Å². The molecule has 0 aromatic heterocycles. The largest absolute Gasteiger partial charge is 0.340 e. The van der Waals surface area contributed by atoms with Crippen LogP contribution in [-0.2, 0) is 17.9 Å². The van der Waals surface area contributed by atoms with Crippen LogP contribution in [0.25, 0.3) is 0 Å². The van der Waals surface area contributed by atoms with Gasteiger partial charge in [0.05, 0.1) is 0 Å². The van der Waals surface area contributed by atoms with Crippen molar-refractivity contribution in [2.75, 3.05) is 32.7 Å². The second-order valence-electron chi connectivity index (χ2n) is 6.67. The molecule has 2 aromatic rings. The number of rotatable bonds is 7. The van der Waals surface area contributed by atoms with Crippen LogP contribution in [-0.4, -0.2) is 48.4 Å². The van der Waals surface area contributed by atoms with Gasteiger partial charge in [-0.2, -0.15) is 0 Å². The predicted octanol–water partition coefficient (Wildman–Crippen LogP) is 3.07. The standard InChI is InChI=1S/C21H26FN3O.ClH/c22-20-9-5-4-8-19(20)17-24(16-18-6-2-1-3-7-18)13-10-21(26)25-14-11-23-12-15-25;/h1-9,23H,10-17H2;1H. The van der Waals surface area contributed by atoms with Gasteiger partial charge in [-0.1, -0.05) is 48.5 Å². The Bertz CT molecular complexity index is 708. The average Bonchev–Trinajstić information content (AvgIpc) is 2.69. The van der Waals surface area contributed by atoms with Crippen molar-refractivity contribution in [1.82, 2.24) is 15.1 Å². The van der Waals surface area contributed by atoms with E-state index in [0.29, 0.717) is 31.6 Å². The smallest absolute Gasteiger partial charge is 0.223 e. The fourth-order valence-electron chi connectivity index (χ4n) is 3.25. The molecule has 0 saturated carbocycles. The SMILES string of the molecule is Cl.O=C(CCN(Cc1ccccc1)Cc1ccccc1F)N1CCNCC1. The molecule has 1 saturated heterocycles. The van der Waals surface area contributed by atoms with E-state index in [1.165, 1.54) is 11.6 Å². The number of hydrogen-bond acceptors (Lipinski definition) is 3. The van der Waals surface area contributed by atoms with Crippen LogP contribution >= 0.6 is 12.4 Å². The molecule has 1 aliphatic rings. The van der Waals surface area contributed by atoms with Crippen LogP contribution in [0.3, 0.4) is 0 Å². The molecule has 1 amide bonds. The number of nitrogens with zero attached hydrogens (tertiary/aromatic N) is 2. The summed E-state index contributed by atoms with van der Waals surface area (Å²) in [4.78, 5) is 16.5. The molecule has 1 heterocycles. The van der Waals surface area contributed by atoms with Crippen molar-refractivity contribution in [3.05, 3.63) is 71.5 Å². The first-order valence-corrected chi connectivity index (χ1v) is 9.20. The molecule has 1 fully saturated rings. The second-order valence-corrected chi connectivity index (χ2v) is 6.67. The molecule has 6 heteroatoms. The van der Waals surface area contributed by atoms with E-state index < -0.39 is 0 Å². The Morgan fingerprint density at radius 1 is 1.00 bits per heavy atom. The minimum Gasteiger partial charge on any atom is -0.340 e. The lowest BCUT2D eigenvalue weighted by molar-refractivity contribution is -0.132. The van der Waals surface area contributed by atoms with Crippen molar-refractivity contribution in [1.29, 1.82) is 0 Å². The lowest BCUT2D eigenvalue weighted by atomic mass is 10.1. The summed E-state index contributed by atoms with van der Waals surface area (Å²) >= 11 is 0. The average molecular weight is 392 g/mol. The minimum absolute atomic E-state index is 0. The first-order chi connectivity index (χ1) is 12.7. The fraction of sp³-hybridized carbons (Fsp3) is 0.381. The number of amides is 1. The topological polar surface area (TPSA) is 35.6 Å². The van der Waals surface area contributed by atoms with Crippen molar-refractivity contribution < 1.29 is 9.18 Å². The zero-order chi connectivity index (χ0) is 18.2. The van der Waals surface area contributed by atoms with Gasteiger partial charge in [0.1, 0.15) is 5.82 Å². The number of carbonyl (C=O) groups excluding carboxylic acids is 1. The van der Waals surface area contributed by atoms with Crippen molar-refractivity contribution in [3.8, 4) is 0 Å². The molecule has 0 spiro atoms. The van der Waals surface area contributed by atoms with Crippen molar-refractivity contribution in [2.45, 2.75) is 19.5 Å². The molecular formula is C21H27ClFN3O. The maximum absolute atomic E-state index is 14.1. The zero-order valence-electron chi connectivity index (χ0n) is 15.4. The Balaban J connectivity index is 0.00000261. The number of hydrogen-bond donors (Lipinski definition) is 1. The highest BCUT2D eigenvalue weighted by Crippen LogP contribution is 2.14. The number of benzene rings is 2. The Morgan fingerprint density at radius 3 is 2.37 bits per heavy atom. The minimum atomic E-state index is -0.195. The van der Waals surface area contributed by atoms with Crippen molar-refractivity contribution in [3.63, 3.8) is 0 Å². The summed E-state index contributed by atoms with van der Waals surface area (Å²) in [6, 6.07) is 17.0. The maximum Gasteiger partial charge on any atom is 0.223 e. The molecule has 4 nitrogen and oxygen atoms in total. The zero-order valence-corrected chi connectivity index (χ0v) is 16.3. The summed E-state index contributed by atoms with van der Waals surface area (Å²) in [5, 5.41) is 3.26. The molecule has 2 aromatic carbocycles. The molecule has 3 rings (SSSR count). The highest BCUT2D eigenvalue weighted by molar-refractivity contribution is 5.85. The third-order valence-electron chi connectivity index (χ3n) is 4.71. The lowest BCUT2D eigenvalue weighted by Gasteiger charge is -2.29. The van der Waals surface area contributed by atoms with Crippen LogP contribution in [0.1, 0.15) is 17.5 Å². The molecule has 0 aliphatic carbocycles. The fourth-order valence-corrected chi connectivity index (χ4v) is 3.25. The van der Waals surface area contributed by atoms with Gasteiger partial charge in [-0.3, -0.25) is 9.69 Å². The van der Waals surface area contributed by atoms with Gasteiger partial charge < -0.3 is 10.2 Å². The van der Waals surface area contributed by atoms with Crippen LogP contribution in [0, 0.1) is 5.82 Å². The van der Waals surface area contributed by atoms with Crippen LogP contribution in [0.4, 0.5) is 4.39 Å². The summed E-state index contributed by atoms with van der Waals surface area (Å²) in [5.41, 5.74) is 1.83. The van der Waals surface area contributed by atoms with Crippen LogP contribution < -0.4 is 5.32 Å². The van der Waals surface area contributed by atoms with Crippen LogP contribution in [0.2, 0.25) is 0 Å². The molecule has 1 aliphatic heterocycles. The highest BCUT2D eigenvalue weighted by atomic mass is 35.5. The van der Waals surface area contributed by atoms with E-state index in [4.69, 9.17) is 0 Å². The van der Waals surface area contributed by atoms with Gasteiger partial charge >= 0.3 is 0 Å². The Kier molecular flexibility index (Phi) is 8.72. The first-order valence-electron chi connectivity index (χ1n) is 9.20. The molecule has 0 radical (unpaired) electrons. The third-order valence-corrected chi connectivity index (χ3v) is 4.71. The molecule has 146 valence electrons. The van der Waals surface area contributed by atoms with Gasteiger partial charge in [-0.25, -0.2) is 4.39 Å². The maximum atomic E-state index is 14.1. The molecule has 0 bridgehead atoms. The van der Waals surface area contributed by atoms with Crippen molar-refractivity contribution in [2.24, 2.45) is 0 Å². The highest BCUT2D eigenvalue weighted by Gasteiger charge is 2.18. The molecular weight excluding hydrogens is 365 g/mol. The number of carbonyl (C=O) groups is 1. The van der Waals surface area contributed by atoms with Gasteiger partial charge in [-0.05, 0) is 11.6 Å². The van der Waals surface area contributed by atoms with Crippen molar-refractivity contribution >= 4 is 18.3 Å². The Labute approximate surface area is 166 Å². The normalized spacial score (nSPS) is 14.1. The van der Waals surface area contributed by atoms with E-state index in [9.17, 15) is 9.18 Å². The summed E-state index contributed by atoms with van der Waals surface area (Å²) < 4.78 is 14.1. The van der Waals surface area contributed by atoms with Gasteiger partial charge in [0, 0.05) is 57.8 Å². The lowest BCUT2D eigenvalue weighted by Crippen LogP contribution is -2.47. The molecule has 0 atom stereocenters. The summed E-state index contributed by atoms with van der Waals surface area (Å²) in [5.74, 6) is -0.0166. The molecule has 1 N–H and O–H groups in total. The van der Waals surface area contributed by atoms with Gasteiger partial charge in [0.2, 0.25) is 5.91 Å².